The van der Waals surface area contributed by atoms with Gasteiger partial charge in [0.25, 0.3) is 5.56 Å². The lowest BCUT2D eigenvalue weighted by Crippen LogP contribution is -2.28. The zero-order valence-corrected chi connectivity index (χ0v) is 14.0. The molecule has 1 saturated heterocycles. The Kier molecular flexibility index (Phi) is 4.04. The van der Waals surface area contributed by atoms with E-state index in [-0.39, 0.29) is 23.8 Å². The van der Waals surface area contributed by atoms with E-state index in [1.165, 1.54) is 0 Å². The second-order valence-electron chi connectivity index (χ2n) is 6.19. The summed E-state index contributed by atoms with van der Waals surface area (Å²) in [5, 5.41) is 8.26. The normalized spacial score (nSPS) is 14.2. The summed E-state index contributed by atoms with van der Waals surface area (Å²) in [7, 11) is 0. The molecule has 0 N–H and O–H groups in total. The van der Waals surface area contributed by atoms with Crippen LogP contribution >= 0.6 is 0 Å². The molecule has 26 heavy (non-hydrogen) atoms. The maximum atomic E-state index is 12.6. The first-order chi connectivity index (χ1) is 12.6. The first-order valence-corrected chi connectivity index (χ1v) is 8.40. The molecule has 0 bridgehead atoms. The molecule has 0 spiro atoms. The average Bonchev–Trinajstić information content (AvgIpc) is 3.10. The van der Waals surface area contributed by atoms with E-state index in [0.29, 0.717) is 35.1 Å². The molecule has 1 aliphatic heterocycles. The molecular weight excluding hydrogens is 332 g/mol. The van der Waals surface area contributed by atoms with Crippen molar-refractivity contribution in [3.63, 3.8) is 0 Å². The summed E-state index contributed by atoms with van der Waals surface area (Å²) in [6, 6.07) is 13.8. The van der Waals surface area contributed by atoms with E-state index in [1.807, 2.05) is 6.07 Å². The SMILES string of the molecule is O=C(Cn1nnc2ccccc2c1=O)c1cccc(N2CCCC2=O)c1. The number of Topliss-reactive ketones (excluding diaryl/α,β-unsaturated/α-hetero) is 1. The molecule has 0 unspecified atom stereocenters. The van der Waals surface area contributed by atoms with E-state index in [0.717, 1.165) is 11.1 Å². The van der Waals surface area contributed by atoms with Crippen LogP contribution in [0.4, 0.5) is 5.69 Å². The molecule has 4 rings (SSSR count). The van der Waals surface area contributed by atoms with Crippen LogP contribution in [0.1, 0.15) is 23.2 Å². The van der Waals surface area contributed by atoms with E-state index < -0.39 is 0 Å². The van der Waals surface area contributed by atoms with Gasteiger partial charge in [-0.25, -0.2) is 4.68 Å². The van der Waals surface area contributed by atoms with Gasteiger partial charge in [0.15, 0.2) is 5.78 Å². The predicted octanol–water partition coefficient (Wildman–Crippen LogP) is 1.80. The van der Waals surface area contributed by atoms with Crippen molar-refractivity contribution in [2.24, 2.45) is 0 Å². The molecule has 130 valence electrons. The first kappa shape index (κ1) is 16.1. The number of aromatic nitrogens is 3. The van der Waals surface area contributed by atoms with Gasteiger partial charge in [0, 0.05) is 24.2 Å². The smallest absolute Gasteiger partial charge is 0.278 e. The number of benzene rings is 2. The third kappa shape index (κ3) is 2.88. The van der Waals surface area contributed by atoms with E-state index in [9.17, 15) is 14.4 Å². The number of fused-ring (bicyclic) bond motifs is 1. The van der Waals surface area contributed by atoms with Crippen LogP contribution in [0, 0.1) is 0 Å². The number of carbonyl (C=O) groups is 2. The van der Waals surface area contributed by atoms with Gasteiger partial charge in [0.1, 0.15) is 12.1 Å². The number of nitrogens with zero attached hydrogens (tertiary/aromatic N) is 4. The van der Waals surface area contributed by atoms with Crippen molar-refractivity contribution in [1.29, 1.82) is 0 Å². The summed E-state index contributed by atoms with van der Waals surface area (Å²) >= 11 is 0. The van der Waals surface area contributed by atoms with E-state index in [2.05, 4.69) is 10.3 Å². The van der Waals surface area contributed by atoms with Gasteiger partial charge in [0.2, 0.25) is 5.91 Å². The Morgan fingerprint density at radius 1 is 1.08 bits per heavy atom. The lowest BCUT2D eigenvalue weighted by Gasteiger charge is -2.16. The fourth-order valence-electron chi connectivity index (χ4n) is 3.12. The van der Waals surface area contributed by atoms with Crippen LogP contribution in [0.25, 0.3) is 10.9 Å². The number of hydrogen-bond donors (Lipinski definition) is 0. The quantitative estimate of drug-likeness (QED) is 0.671. The second-order valence-corrected chi connectivity index (χ2v) is 6.19. The molecule has 1 aliphatic rings. The third-order valence-corrected chi connectivity index (χ3v) is 4.48. The van der Waals surface area contributed by atoms with Gasteiger partial charge >= 0.3 is 0 Å². The van der Waals surface area contributed by atoms with Gasteiger partial charge in [-0.1, -0.05) is 29.5 Å². The van der Waals surface area contributed by atoms with Crippen molar-refractivity contribution in [2.45, 2.75) is 19.4 Å². The Labute approximate surface area is 148 Å². The zero-order chi connectivity index (χ0) is 18.1. The summed E-state index contributed by atoms with van der Waals surface area (Å²) < 4.78 is 1.07. The lowest BCUT2D eigenvalue weighted by molar-refractivity contribution is -0.117. The van der Waals surface area contributed by atoms with Gasteiger partial charge in [0.05, 0.1) is 5.39 Å². The summed E-state index contributed by atoms with van der Waals surface area (Å²) in [6.45, 7) is 0.458. The standard InChI is InChI=1S/C19H16N4O3/c24-17(12-23-19(26)15-7-1-2-8-16(15)20-21-23)13-5-3-6-14(11-13)22-10-4-9-18(22)25/h1-3,5-8,11H,4,9-10,12H2. The van der Waals surface area contributed by atoms with Gasteiger partial charge in [-0.3, -0.25) is 14.4 Å². The van der Waals surface area contributed by atoms with Gasteiger partial charge in [-0.2, -0.15) is 0 Å². The van der Waals surface area contributed by atoms with Crippen LogP contribution in [-0.2, 0) is 11.3 Å². The Balaban J connectivity index is 1.62. The highest BCUT2D eigenvalue weighted by molar-refractivity contribution is 5.99. The van der Waals surface area contributed by atoms with Crippen molar-refractivity contribution in [2.75, 3.05) is 11.4 Å². The number of hydrogen-bond acceptors (Lipinski definition) is 5. The van der Waals surface area contributed by atoms with E-state index >= 15 is 0 Å². The minimum Gasteiger partial charge on any atom is -0.312 e. The summed E-state index contributed by atoms with van der Waals surface area (Å²) in [6.07, 6.45) is 1.35. The van der Waals surface area contributed by atoms with Gasteiger partial charge < -0.3 is 4.90 Å². The molecule has 7 heteroatoms. The monoisotopic (exact) mass is 348 g/mol. The number of ketones is 1. The second kappa shape index (κ2) is 6.51. The third-order valence-electron chi connectivity index (χ3n) is 4.48. The molecule has 3 aromatic rings. The summed E-state index contributed by atoms with van der Waals surface area (Å²) in [5.74, 6) is -0.198. The number of rotatable bonds is 4. The highest BCUT2D eigenvalue weighted by atomic mass is 16.2. The van der Waals surface area contributed by atoms with E-state index in [1.54, 1.807) is 47.4 Å². The zero-order valence-electron chi connectivity index (χ0n) is 14.0. The molecule has 1 amide bonds. The Morgan fingerprint density at radius 3 is 2.73 bits per heavy atom. The van der Waals surface area contributed by atoms with Gasteiger partial charge in [-0.05, 0) is 30.7 Å². The average molecular weight is 348 g/mol. The van der Waals surface area contributed by atoms with Crippen LogP contribution in [-0.4, -0.2) is 33.2 Å². The Bertz CT molecular complexity index is 1070. The van der Waals surface area contributed by atoms with Crippen molar-refractivity contribution >= 4 is 28.3 Å². The number of carbonyl (C=O) groups excluding carboxylic acids is 2. The van der Waals surface area contributed by atoms with Crippen LogP contribution < -0.4 is 10.5 Å². The van der Waals surface area contributed by atoms with Gasteiger partial charge in [-0.15, -0.1) is 5.10 Å². The molecule has 0 saturated carbocycles. The van der Waals surface area contributed by atoms with Crippen molar-refractivity contribution < 1.29 is 9.59 Å². The molecule has 0 aliphatic carbocycles. The number of anilines is 1. The number of amides is 1. The summed E-state index contributed by atoms with van der Waals surface area (Å²) in [4.78, 5) is 38.7. The molecule has 7 nitrogen and oxygen atoms in total. The fourth-order valence-corrected chi connectivity index (χ4v) is 3.12. The Morgan fingerprint density at radius 2 is 1.92 bits per heavy atom. The molecule has 1 fully saturated rings. The minimum absolute atomic E-state index is 0.0613. The topological polar surface area (TPSA) is 85.2 Å². The molecule has 0 radical (unpaired) electrons. The van der Waals surface area contributed by atoms with Crippen LogP contribution in [0.5, 0.6) is 0 Å². The molecule has 2 aromatic carbocycles. The minimum atomic E-state index is -0.352. The molecular formula is C19H16N4O3. The molecule has 2 heterocycles. The summed E-state index contributed by atoms with van der Waals surface area (Å²) in [5.41, 5.74) is 1.28. The van der Waals surface area contributed by atoms with E-state index in [4.69, 9.17) is 0 Å². The maximum Gasteiger partial charge on any atom is 0.278 e. The van der Waals surface area contributed by atoms with Crippen molar-refractivity contribution in [3.8, 4) is 0 Å². The maximum absolute atomic E-state index is 12.6. The largest absolute Gasteiger partial charge is 0.312 e. The van der Waals surface area contributed by atoms with Crippen LogP contribution in [0.2, 0.25) is 0 Å². The lowest BCUT2D eigenvalue weighted by atomic mass is 10.1. The molecule has 0 atom stereocenters. The highest BCUT2D eigenvalue weighted by Gasteiger charge is 2.22. The Hall–Kier alpha value is -3.35. The molecule has 1 aromatic heterocycles. The van der Waals surface area contributed by atoms with Crippen molar-refractivity contribution in [3.05, 3.63) is 64.4 Å². The van der Waals surface area contributed by atoms with Crippen LogP contribution in [0.3, 0.4) is 0 Å². The van der Waals surface area contributed by atoms with Crippen LogP contribution in [0.15, 0.2) is 53.3 Å². The first-order valence-electron chi connectivity index (χ1n) is 8.40. The highest BCUT2D eigenvalue weighted by Crippen LogP contribution is 2.22. The fraction of sp³-hybridized carbons (Fsp3) is 0.211. The predicted molar refractivity (Wildman–Crippen MR) is 96.2 cm³/mol. The van der Waals surface area contributed by atoms with Crippen molar-refractivity contribution in [1.82, 2.24) is 15.0 Å².